The monoisotopic (exact) mass is 161 g/mol. The number of rotatable bonds is 0. The second kappa shape index (κ2) is 6.90. The van der Waals surface area contributed by atoms with Gasteiger partial charge in [0.2, 0.25) is 0 Å². The molecule has 0 saturated carbocycles. The Bertz CT molecular complexity index is 152. The molecule has 0 heterocycles. The minimum Gasteiger partial charge on any atom is -0.0885 e. The van der Waals surface area contributed by atoms with Crippen LogP contribution < -0.4 is 0 Å². The molecule has 65 valence electrons. The number of allylic oxidation sites excluding steroid dienone is 6. The molecule has 0 saturated heterocycles. The van der Waals surface area contributed by atoms with Gasteiger partial charge in [-0.15, -0.1) is 0 Å². The normalized spacial score (nSPS) is 28.0. The van der Waals surface area contributed by atoms with Crippen molar-refractivity contribution < 1.29 is 0 Å². The maximum Gasteiger partial charge on any atom is -0.0273 e. The largest absolute Gasteiger partial charge is 0.0885 e. The third-order valence-electron chi connectivity index (χ3n) is 1.95. The molecule has 1 aliphatic rings. The molecule has 0 amide bonds. The van der Waals surface area contributed by atoms with Crippen molar-refractivity contribution in [2.45, 2.75) is 38.5 Å². The number of hydrogen-bond acceptors (Lipinski definition) is 0. The van der Waals surface area contributed by atoms with E-state index in [0.29, 0.717) is 0 Å². The van der Waals surface area contributed by atoms with Crippen LogP contribution in [0.1, 0.15) is 38.5 Å². The summed E-state index contributed by atoms with van der Waals surface area (Å²) < 4.78 is 0. The maximum atomic E-state index is 3.26. The van der Waals surface area contributed by atoms with Gasteiger partial charge >= 0.3 is 0 Å². The molecule has 12 heavy (non-hydrogen) atoms. The summed E-state index contributed by atoms with van der Waals surface area (Å²) in [5.41, 5.74) is 0. The van der Waals surface area contributed by atoms with E-state index in [-0.39, 0.29) is 0 Å². The van der Waals surface area contributed by atoms with Gasteiger partial charge in [-0.25, -0.2) is 0 Å². The van der Waals surface area contributed by atoms with E-state index < -0.39 is 0 Å². The molecule has 0 nitrogen and oxygen atoms in total. The molecule has 0 unspecified atom stereocenters. The van der Waals surface area contributed by atoms with E-state index in [1.54, 1.807) is 0 Å². The Morgan fingerprint density at radius 2 is 1.58 bits per heavy atom. The summed E-state index contributed by atoms with van der Waals surface area (Å²) in [6, 6.07) is 0. The van der Waals surface area contributed by atoms with Crippen molar-refractivity contribution in [1.29, 1.82) is 0 Å². The molecular formula is C12H17. The maximum absolute atomic E-state index is 3.26. The fraction of sp³-hybridized carbons (Fsp3) is 0.500. The van der Waals surface area contributed by atoms with Crippen LogP contribution in [0.5, 0.6) is 0 Å². The molecule has 0 heteroatoms. The molecule has 0 aromatic heterocycles. The van der Waals surface area contributed by atoms with Gasteiger partial charge in [0.15, 0.2) is 0 Å². The van der Waals surface area contributed by atoms with Crippen LogP contribution in [0.2, 0.25) is 0 Å². The lowest BCUT2D eigenvalue weighted by atomic mass is 10.1. The minimum atomic E-state index is 1.09. The highest BCUT2D eigenvalue weighted by molar-refractivity contribution is 4.99. The lowest BCUT2D eigenvalue weighted by Crippen LogP contribution is -1.73. The van der Waals surface area contributed by atoms with Crippen molar-refractivity contribution in [2.75, 3.05) is 0 Å². The zero-order valence-corrected chi connectivity index (χ0v) is 7.63. The first-order valence-electron chi connectivity index (χ1n) is 4.87. The summed E-state index contributed by atoms with van der Waals surface area (Å²) in [6.07, 6.45) is 21.5. The Kier molecular flexibility index (Phi) is 5.35. The molecule has 0 atom stereocenters. The Morgan fingerprint density at radius 1 is 0.833 bits per heavy atom. The van der Waals surface area contributed by atoms with E-state index in [9.17, 15) is 0 Å². The quantitative estimate of drug-likeness (QED) is 0.474. The first-order valence-corrected chi connectivity index (χ1v) is 4.87. The highest BCUT2D eigenvalue weighted by Gasteiger charge is 1.84. The van der Waals surface area contributed by atoms with E-state index in [1.165, 1.54) is 32.1 Å². The molecule has 0 aliphatic heterocycles. The second-order valence-electron chi connectivity index (χ2n) is 3.09. The summed E-state index contributed by atoms with van der Waals surface area (Å²) in [5, 5.41) is 0. The third-order valence-corrected chi connectivity index (χ3v) is 1.95. The van der Waals surface area contributed by atoms with Crippen LogP contribution >= 0.6 is 0 Å². The Hall–Kier alpha value is -0.780. The standard InChI is InChI=1S/C12H17/c1-2-4-6-8-10-12-11-9-7-5-3-1/h1-3,10,12H,4,6-9,11H2/b2-1+,5-3?,12-10+. The summed E-state index contributed by atoms with van der Waals surface area (Å²) in [6.45, 7) is 0. The van der Waals surface area contributed by atoms with Gasteiger partial charge in [-0.3, -0.25) is 0 Å². The fourth-order valence-electron chi connectivity index (χ4n) is 1.23. The second-order valence-corrected chi connectivity index (χ2v) is 3.09. The highest BCUT2D eigenvalue weighted by Crippen LogP contribution is 2.03. The van der Waals surface area contributed by atoms with E-state index in [4.69, 9.17) is 0 Å². The van der Waals surface area contributed by atoms with Gasteiger partial charge in [-0.2, -0.15) is 0 Å². The van der Waals surface area contributed by atoms with Gasteiger partial charge in [0.1, 0.15) is 0 Å². The molecule has 0 bridgehead atoms. The summed E-state index contributed by atoms with van der Waals surface area (Å²) in [7, 11) is 0. The van der Waals surface area contributed by atoms with E-state index in [0.717, 1.165) is 6.42 Å². The molecule has 1 radical (unpaired) electrons. The van der Waals surface area contributed by atoms with Crippen molar-refractivity contribution in [1.82, 2.24) is 0 Å². The number of hydrogen-bond donors (Lipinski definition) is 0. The van der Waals surface area contributed by atoms with E-state index >= 15 is 0 Å². The molecular weight excluding hydrogens is 144 g/mol. The van der Waals surface area contributed by atoms with Crippen LogP contribution in [0.3, 0.4) is 0 Å². The van der Waals surface area contributed by atoms with Crippen molar-refractivity contribution in [3.63, 3.8) is 0 Å². The average Bonchev–Trinajstić information content (AvgIpc) is 2.05. The molecule has 0 spiro atoms. The smallest absolute Gasteiger partial charge is 0.0273 e. The predicted octanol–water partition coefficient (Wildman–Crippen LogP) is 3.81. The topological polar surface area (TPSA) is 0 Å². The van der Waals surface area contributed by atoms with Crippen LogP contribution in [0.25, 0.3) is 0 Å². The van der Waals surface area contributed by atoms with Gasteiger partial charge in [0.25, 0.3) is 0 Å². The summed E-state index contributed by atoms with van der Waals surface area (Å²) in [5.74, 6) is 0. The minimum absolute atomic E-state index is 1.09. The van der Waals surface area contributed by atoms with Crippen molar-refractivity contribution in [3.8, 4) is 0 Å². The van der Waals surface area contributed by atoms with Crippen LogP contribution in [-0.2, 0) is 0 Å². The highest BCUT2D eigenvalue weighted by atomic mass is 13.9. The Balaban J connectivity index is 2.30. The van der Waals surface area contributed by atoms with Gasteiger partial charge in [-0.1, -0.05) is 30.4 Å². The van der Waals surface area contributed by atoms with Crippen LogP contribution in [0.15, 0.2) is 30.4 Å². The van der Waals surface area contributed by atoms with Gasteiger partial charge in [0, 0.05) is 0 Å². The van der Waals surface area contributed by atoms with E-state index in [1.807, 2.05) is 6.08 Å². The SMILES string of the molecule is [C]1=C\C=C\CCC/C=C/CCC/1. The Labute approximate surface area is 75.7 Å². The van der Waals surface area contributed by atoms with Gasteiger partial charge in [0.05, 0.1) is 0 Å². The molecule has 0 fully saturated rings. The lowest BCUT2D eigenvalue weighted by molar-refractivity contribution is 0.831. The van der Waals surface area contributed by atoms with Crippen LogP contribution in [0, 0.1) is 6.08 Å². The molecule has 0 N–H and O–H groups in total. The van der Waals surface area contributed by atoms with Crippen LogP contribution in [-0.4, -0.2) is 0 Å². The van der Waals surface area contributed by atoms with E-state index in [2.05, 4.69) is 30.4 Å². The first-order chi connectivity index (χ1) is 6.00. The summed E-state index contributed by atoms with van der Waals surface area (Å²) >= 11 is 0. The average molecular weight is 161 g/mol. The fourth-order valence-corrected chi connectivity index (χ4v) is 1.23. The Morgan fingerprint density at radius 3 is 2.50 bits per heavy atom. The third kappa shape index (κ3) is 4.95. The van der Waals surface area contributed by atoms with Gasteiger partial charge < -0.3 is 0 Å². The van der Waals surface area contributed by atoms with Crippen molar-refractivity contribution >= 4 is 0 Å². The zero-order chi connectivity index (χ0) is 8.49. The first kappa shape index (κ1) is 9.31. The van der Waals surface area contributed by atoms with Crippen LogP contribution in [0.4, 0.5) is 0 Å². The predicted molar refractivity (Wildman–Crippen MR) is 53.8 cm³/mol. The van der Waals surface area contributed by atoms with Gasteiger partial charge in [-0.05, 0) is 44.6 Å². The molecule has 1 aliphatic carbocycles. The lowest BCUT2D eigenvalue weighted by Gasteiger charge is -1.93. The van der Waals surface area contributed by atoms with Crippen molar-refractivity contribution in [3.05, 3.63) is 36.5 Å². The molecule has 1 rings (SSSR count). The molecule has 0 aromatic carbocycles. The molecule has 0 aromatic rings. The van der Waals surface area contributed by atoms with Crippen molar-refractivity contribution in [2.24, 2.45) is 0 Å². The summed E-state index contributed by atoms with van der Waals surface area (Å²) in [4.78, 5) is 0. The zero-order valence-electron chi connectivity index (χ0n) is 7.63.